The average molecular weight is 327 g/mol. The molecule has 1 aromatic carbocycles. The molecule has 0 radical (unpaired) electrons. The summed E-state index contributed by atoms with van der Waals surface area (Å²) in [5.41, 5.74) is 4.11. The van der Waals surface area contributed by atoms with E-state index < -0.39 is 0 Å². The molecule has 3 rings (SSSR count). The number of carbonyl (C=O) groups excluding carboxylic acids is 1. The third-order valence-corrected chi connectivity index (χ3v) is 5.07. The molecule has 5 nitrogen and oxygen atoms in total. The number of para-hydroxylation sites is 1. The minimum atomic E-state index is -0.167. The Morgan fingerprint density at radius 1 is 1.38 bits per heavy atom. The van der Waals surface area contributed by atoms with Gasteiger partial charge < -0.3 is 9.64 Å². The zero-order chi connectivity index (χ0) is 17.3. The maximum atomic E-state index is 12.9. The zero-order valence-electron chi connectivity index (χ0n) is 14.8. The lowest BCUT2D eigenvalue weighted by Gasteiger charge is -2.22. The van der Waals surface area contributed by atoms with E-state index in [1.165, 1.54) is 5.56 Å². The first kappa shape index (κ1) is 16.6. The number of aromatic nitrogens is 2. The number of nitrogens with one attached hydrogen (secondary N) is 1. The number of rotatable bonds is 4. The van der Waals surface area contributed by atoms with E-state index >= 15 is 0 Å². The first-order valence-electron chi connectivity index (χ1n) is 8.46. The van der Waals surface area contributed by atoms with Crippen molar-refractivity contribution in [1.82, 2.24) is 15.1 Å². The molecule has 2 heterocycles. The summed E-state index contributed by atoms with van der Waals surface area (Å²) in [6, 6.07) is 8.10. The van der Waals surface area contributed by atoms with Crippen molar-refractivity contribution >= 4 is 5.91 Å². The van der Waals surface area contributed by atoms with Crippen LogP contribution in [0.1, 0.15) is 47.7 Å². The maximum Gasteiger partial charge on any atom is 0.229 e. The summed E-state index contributed by atoms with van der Waals surface area (Å²) >= 11 is 0. The summed E-state index contributed by atoms with van der Waals surface area (Å²) < 4.78 is 5.48. The van der Waals surface area contributed by atoms with Crippen molar-refractivity contribution in [2.75, 3.05) is 20.2 Å². The number of aryl methyl sites for hydroxylation is 2. The molecule has 0 unspecified atom stereocenters. The van der Waals surface area contributed by atoms with Crippen molar-refractivity contribution in [1.29, 1.82) is 0 Å². The van der Waals surface area contributed by atoms with Gasteiger partial charge in [0.2, 0.25) is 5.91 Å². The third kappa shape index (κ3) is 2.90. The van der Waals surface area contributed by atoms with Crippen molar-refractivity contribution in [2.45, 2.75) is 39.0 Å². The number of carbonyl (C=O) groups is 1. The van der Waals surface area contributed by atoms with Gasteiger partial charge in [-0.1, -0.05) is 18.2 Å². The second-order valence-corrected chi connectivity index (χ2v) is 6.58. The van der Waals surface area contributed by atoms with Crippen LogP contribution in [-0.4, -0.2) is 41.2 Å². The van der Waals surface area contributed by atoms with Crippen LogP contribution in [0.4, 0.5) is 0 Å². The van der Waals surface area contributed by atoms with Crippen LogP contribution in [0.25, 0.3) is 0 Å². The fourth-order valence-corrected chi connectivity index (χ4v) is 3.81. The quantitative estimate of drug-likeness (QED) is 0.938. The van der Waals surface area contributed by atoms with Gasteiger partial charge in [-0.15, -0.1) is 0 Å². The highest BCUT2D eigenvalue weighted by Crippen LogP contribution is 2.35. The molecule has 1 N–H and O–H groups in total. The van der Waals surface area contributed by atoms with E-state index in [9.17, 15) is 4.79 Å². The maximum absolute atomic E-state index is 12.9. The van der Waals surface area contributed by atoms with Gasteiger partial charge in [0.05, 0.1) is 18.7 Å². The molecule has 5 heteroatoms. The van der Waals surface area contributed by atoms with Crippen molar-refractivity contribution in [3.8, 4) is 5.75 Å². The van der Waals surface area contributed by atoms with Gasteiger partial charge in [0.1, 0.15) is 5.75 Å². The molecule has 1 amide bonds. The second kappa shape index (κ2) is 6.67. The van der Waals surface area contributed by atoms with Gasteiger partial charge in [0.25, 0.3) is 0 Å². The Hall–Kier alpha value is -2.30. The highest BCUT2D eigenvalue weighted by atomic mass is 16.5. The minimum Gasteiger partial charge on any atom is -0.496 e. The largest absolute Gasteiger partial charge is 0.496 e. The van der Waals surface area contributed by atoms with Crippen molar-refractivity contribution in [3.63, 3.8) is 0 Å². The van der Waals surface area contributed by atoms with Crippen LogP contribution in [0.15, 0.2) is 24.3 Å². The van der Waals surface area contributed by atoms with Gasteiger partial charge in [-0.25, -0.2) is 0 Å². The topological polar surface area (TPSA) is 58.2 Å². The Kier molecular flexibility index (Phi) is 4.60. The van der Waals surface area contributed by atoms with Crippen LogP contribution in [0.2, 0.25) is 0 Å². The van der Waals surface area contributed by atoms with Gasteiger partial charge in [-0.05, 0) is 38.8 Å². The van der Waals surface area contributed by atoms with E-state index in [-0.39, 0.29) is 11.8 Å². The lowest BCUT2D eigenvalue weighted by atomic mass is 9.96. The summed E-state index contributed by atoms with van der Waals surface area (Å²) in [6.07, 6.45) is 0.974. The van der Waals surface area contributed by atoms with E-state index in [1.54, 1.807) is 7.11 Å². The molecule has 2 aromatic rings. The molecule has 1 aliphatic rings. The van der Waals surface area contributed by atoms with Crippen molar-refractivity contribution < 1.29 is 9.53 Å². The molecule has 0 spiro atoms. The third-order valence-electron chi connectivity index (χ3n) is 5.07. The van der Waals surface area contributed by atoms with Crippen LogP contribution in [0.5, 0.6) is 5.75 Å². The predicted octanol–water partition coefficient (Wildman–Crippen LogP) is 3.15. The molecule has 1 aliphatic heterocycles. The van der Waals surface area contributed by atoms with Crippen molar-refractivity contribution in [3.05, 3.63) is 46.8 Å². The molecule has 24 heavy (non-hydrogen) atoms. The SMILES string of the molecule is COc1ccccc1[C@H]1CCN(C(=O)[C@@H](C)c2c(C)n[nH]c2C)C1. The fourth-order valence-electron chi connectivity index (χ4n) is 3.81. The monoisotopic (exact) mass is 327 g/mol. The van der Waals surface area contributed by atoms with Crippen LogP contribution in [0, 0.1) is 13.8 Å². The Labute approximate surface area is 143 Å². The molecule has 0 saturated carbocycles. The lowest BCUT2D eigenvalue weighted by Crippen LogP contribution is -2.32. The van der Waals surface area contributed by atoms with E-state index in [2.05, 4.69) is 16.3 Å². The summed E-state index contributed by atoms with van der Waals surface area (Å²) in [6.45, 7) is 7.44. The number of hydrogen-bond donors (Lipinski definition) is 1. The fraction of sp³-hybridized carbons (Fsp3) is 0.474. The highest BCUT2D eigenvalue weighted by molar-refractivity contribution is 5.84. The Balaban J connectivity index is 1.75. The Morgan fingerprint density at radius 2 is 2.12 bits per heavy atom. The molecular weight excluding hydrogens is 302 g/mol. The number of hydrogen-bond acceptors (Lipinski definition) is 3. The summed E-state index contributed by atoms with van der Waals surface area (Å²) in [7, 11) is 1.70. The minimum absolute atomic E-state index is 0.167. The summed E-state index contributed by atoms with van der Waals surface area (Å²) in [5.74, 6) is 1.26. The smallest absolute Gasteiger partial charge is 0.229 e. The summed E-state index contributed by atoms with van der Waals surface area (Å²) in [4.78, 5) is 14.9. The second-order valence-electron chi connectivity index (χ2n) is 6.58. The number of H-pyrrole nitrogens is 1. The number of likely N-dealkylation sites (tertiary alicyclic amines) is 1. The average Bonchev–Trinajstić information content (AvgIpc) is 3.20. The number of amides is 1. The molecule has 1 aromatic heterocycles. The van der Waals surface area contributed by atoms with E-state index in [4.69, 9.17) is 4.74 Å². The molecule has 0 aliphatic carbocycles. The van der Waals surface area contributed by atoms with Gasteiger partial charge in [0, 0.05) is 30.3 Å². The van der Waals surface area contributed by atoms with Gasteiger partial charge in [-0.2, -0.15) is 5.10 Å². The molecular formula is C19H25N3O2. The predicted molar refractivity (Wildman–Crippen MR) is 93.4 cm³/mol. The first-order chi connectivity index (χ1) is 11.5. The van der Waals surface area contributed by atoms with Crippen molar-refractivity contribution in [2.24, 2.45) is 0 Å². The van der Waals surface area contributed by atoms with E-state index in [0.29, 0.717) is 5.92 Å². The molecule has 1 saturated heterocycles. The molecule has 128 valence electrons. The number of methoxy groups -OCH3 is 1. The Morgan fingerprint density at radius 3 is 2.79 bits per heavy atom. The van der Waals surface area contributed by atoms with E-state index in [0.717, 1.165) is 42.2 Å². The van der Waals surface area contributed by atoms with Crippen LogP contribution >= 0.6 is 0 Å². The summed E-state index contributed by atoms with van der Waals surface area (Å²) in [5, 5.41) is 7.19. The number of benzene rings is 1. The van der Waals surface area contributed by atoms with Crippen LogP contribution < -0.4 is 4.74 Å². The highest BCUT2D eigenvalue weighted by Gasteiger charge is 2.32. The standard InChI is InChI=1S/C19H25N3O2/c1-12(18-13(2)20-21-14(18)3)19(23)22-10-9-15(11-22)16-7-5-6-8-17(16)24-4/h5-8,12,15H,9-11H2,1-4H3,(H,20,21)/t12-,15-/m0/s1. The number of aromatic amines is 1. The number of ether oxygens (including phenoxy) is 1. The zero-order valence-corrected chi connectivity index (χ0v) is 14.8. The van der Waals surface area contributed by atoms with Gasteiger partial charge in [0.15, 0.2) is 0 Å². The normalized spacial score (nSPS) is 18.7. The van der Waals surface area contributed by atoms with Crippen LogP contribution in [0.3, 0.4) is 0 Å². The first-order valence-corrected chi connectivity index (χ1v) is 8.46. The molecule has 0 bridgehead atoms. The van der Waals surface area contributed by atoms with Crippen LogP contribution in [-0.2, 0) is 4.79 Å². The number of nitrogens with zero attached hydrogens (tertiary/aromatic N) is 2. The molecule has 1 fully saturated rings. The van der Waals surface area contributed by atoms with Gasteiger partial charge >= 0.3 is 0 Å². The lowest BCUT2D eigenvalue weighted by molar-refractivity contribution is -0.131. The van der Waals surface area contributed by atoms with E-state index in [1.807, 2.05) is 43.9 Å². The van der Waals surface area contributed by atoms with Gasteiger partial charge in [-0.3, -0.25) is 9.89 Å². The molecule has 2 atom stereocenters. The Bertz CT molecular complexity index is 718.